The highest BCUT2D eigenvalue weighted by Crippen LogP contribution is 2.40. The number of nitrogens with one attached hydrogen (secondary N) is 1. The molecule has 2 aliphatic rings. The second-order valence-corrected chi connectivity index (χ2v) is 13.0. The lowest BCUT2D eigenvalue weighted by molar-refractivity contribution is 0.0968. The van der Waals surface area contributed by atoms with Gasteiger partial charge in [0.25, 0.3) is 0 Å². The Balaban J connectivity index is 1.44. The van der Waals surface area contributed by atoms with Crippen LogP contribution in [0.15, 0.2) is 36.5 Å². The van der Waals surface area contributed by atoms with Crippen LogP contribution in [0.3, 0.4) is 0 Å². The van der Waals surface area contributed by atoms with E-state index in [2.05, 4.69) is 25.2 Å². The van der Waals surface area contributed by atoms with Crippen LogP contribution in [0.1, 0.15) is 101 Å². The number of rotatable bonds is 9. The van der Waals surface area contributed by atoms with Crippen LogP contribution >= 0.6 is 23.2 Å². The van der Waals surface area contributed by atoms with Crippen molar-refractivity contribution >= 4 is 45.6 Å². The molecule has 0 spiro atoms. The minimum atomic E-state index is -0.114. The lowest BCUT2D eigenvalue weighted by atomic mass is 9.89. The summed E-state index contributed by atoms with van der Waals surface area (Å²) in [6.45, 7) is 4.68. The molecule has 214 valence electrons. The van der Waals surface area contributed by atoms with Gasteiger partial charge in [-0.15, -0.1) is 0 Å². The van der Waals surface area contributed by atoms with E-state index >= 15 is 0 Å². The topological polar surface area (TPSA) is 62.2 Å². The SMILES string of the molecule is CCC(C)CCC1CCCCC(Nc2c(C(=O)C3CC3)cnc3ccc(-c4cc(Cl)c(O)c(Cl)c4)cc23)CCC1. The number of phenolic OH excluding ortho intramolecular Hbond substituents is 1. The van der Waals surface area contributed by atoms with E-state index < -0.39 is 0 Å². The van der Waals surface area contributed by atoms with Crippen LogP contribution in [0.25, 0.3) is 22.0 Å². The summed E-state index contributed by atoms with van der Waals surface area (Å²) in [6.07, 6.45) is 16.2. The molecule has 2 aliphatic carbocycles. The predicted molar refractivity (Wildman–Crippen MR) is 168 cm³/mol. The van der Waals surface area contributed by atoms with E-state index in [9.17, 15) is 9.90 Å². The number of nitrogens with zero attached hydrogens (tertiary/aromatic N) is 1. The van der Waals surface area contributed by atoms with Gasteiger partial charge in [-0.1, -0.05) is 94.5 Å². The first kappa shape index (κ1) is 29.2. The van der Waals surface area contributed by atoms with Gasteiger partial charge in [-0.2, -0.15) is 0 Å². The number of fused-ring (bicyclic) bond motifs is 1. The lowest BCUT2D eigenvalue weighted by Gasteiger charge is -2.23. The maximum atomic E-state index is 13.4. The van der Waals surface area contributed by atoms with Crippen LogP contribution in [-0.4, -0.2) is 21.9 Å². The molecule has 2 aromatic carbocycles. The molecular weight excluding hydrogens is 539 g/mol. The van der Waals surface area contributed by atoms with Gasteiger partial charge in [-0.05, 0) is 72.9 Å². The van der Waals surface area contributed by atoms with Gasteiger partial charge in [-0.25, -0.2) is 0 Å². The Labute approximate surface area is 248 Å². The van der Waals surface area contributed by atoms with Crippen LogP contribution in [0.5, 0.6) is 5.75 Å². The van der Waals surface area contributed by atoms with E-state index in [-0.39, 0.29) is 27.5 Å². The largest absolute Gasteiger partial charge is 0.505 e. The molecule has 3 unspecified atom stereocenters. The first-order chi connectivity index (χ1) is 19.3. The van der Waals surface area contributed by atoms with Crippen molar-refractivity contribution in [3.8, 4) is 16.9 Å². The van der Waals surface area contributed by atoms with Gasteiger partial charge in [0.1, 0.15) is 0 Å². The molecule has 0 saturated heterocycles. The Morgan fingerprint density at radius 3 is 2.42 bits per heavy atom. The number of hydrogen-bond acceptors (Lipinski definition) is 4. The first-order valence-electron chi connectivity index (χ1n) is 15.3. The number of phenols is 1. The molecule has 0 bridgehead atoms. The van der Waals surface area contributed by atoms with Crippen molar-refractivity contribution < 1.29 is 9.90 Å². The van der Waals surface area contributed by atoms with Crippen molar-refractivity contribution in [2.45, 2.75) is 96.9 Å². The molecule has 5 rings (SSSR count). The molecule has 0 radical (unpaired) electrons. The number of hydrogen-bond donors (Lipinski definition) is 2. The first-order valence-corrected chi connectivity index (χ1v) is 16.0. The fourth-order valence-corrected chi connectivity index (χ4v) is 6.63. The summed E-state index contributed by atoms with van der Waals surface area (Å²) in [5.41, 5.74) is 4.20. The second-order valence-electron chi connectivity index (χ2n) is 12.2. The summed E-state index contributed by atoms with van der Waals surface area (Å²) in [5, 5.41) is 15.3. The van der Waals surface area contributed by atoms with Crippen molar-refractivity contribution in [2.75, 3.05) is 5.32 Å². The average molecular weight is 582 g/mol. The summed E-state index contributed by atoms with van der Waals surface area (Å²) < 4.78 is 0. The van der Waals surface area contributed by atoms with E-state index in [1.54, 1.807) is 18.3 Å². The molecule has 2 N–H and O–H groups in total. The zero-order valence-corrected chi connectivity index (χ0v) is 25.3. The fourth-order valence-electron chi connectivity index (χ4n) is 6.14. The highest BCUT2D eigenvalue weighted by Gasteiger charge is 2.33. The average Bonchev–Trinajstić information content (AvgIpc) is 3.79. The van der Waals surface area contributed by atoms with Crippen LogP contribution in [-0.2, 0) is 0 Å². The number of carbonyl (C=O) groups is 1. The number of aromatic nitrogens is 1. The van der Waals surface area contributed by atoms with Crippen molar-refractivity contribution in [3.05, 3.63) is 52.1 Å². The van der Waals surface area contributed by atoms with Gasteiger partial charge in [-0.3, -0.25) is 9.78 Å². The van der Waals surface area contributed by atoms with Crippen molar-refractivity contribution in [3.63, 3.8) is 0 Å². The Morgan fingerprint density at radius 1 is 1.00 bits per heavy atom. The number of pyridine rings is 1. The highest BCUT2D eigenvalue weighted by atomic mass is 35.5. The van der Waals surface area contributed by atoms with Crippen molar-refractivity contribution in [2.24, 2.45) is 17.8 Å². The van der Waals surface area contributed by atoms with Crippen LogP contribution < -0.4 is 5.32 Å². The summed E-state index contributed by atoms with van der Waals surface area (Å²) in [4.78, 5) is 18.1. The maximum absolute atomic E-state index is 13.4. The molecule has 2 saturated carbocycles. The number of ketones is 1. The molecule has 40 heavy (non-hydrogen) atoms. The second kappa shape index (κ2) is 13.1. The number of anilines is 1. The fraction of sp³-hybridized carbons (Fsp3) is 0.529. The third-order valence-electron chi connectivity index (χ3n) is 9.12. The number of carbonyl (C=O) groups excluding carboxylic acids is 1. The van der Waals surface area contributed by atoms with Gasteiger partial charge >= 0.3 is 0 Å². The summed E-state index contributed by atoms with van der Waals surface area (Å²) in [6, 6.07) is 9.82. The minimum absolute atomic E-state index is 0.114. The molecule has 0 aliphatic heterocycles. The summed E-state index contributed by atoms with van der Waals surface area (Å²) in [5.74, 6) is 1.86. The third-order valence-corrected chi connectivity index (χ3v) is 9.70. The van der Waals surface area contributed by atoms with Crippen LogP contribution in [0.4, 0.5) is 5.69 Å². The smallest absolute Gasteiger partial charge is 0.169 e. The van der Waals surface area contributed by atoms with Crippen molar-refractivity contribution in [1.29, 1.82) is 0 Å². The van der Waals surface area contributed by atoms with E-state index in [0.29, 0.717) is 11.6 Å². The molecule has 3 atom stereocenters. The zero-order chi connectivity index (χ0) is 28.2. The molecule has 1 aromatic heterocycles. The van der Waals surface area contributed by atoms with E-state index in [4.69, 9.17) is 28.2 Å². The Morgan fingerprint density at radius 2 is 1.70 bits per heavy atom. The quantitative estimate of drug-likeness (QED) is 0.247. The summed E-state index contributed by atoms with van der Waals surface area (Å²) >= 11 is 12.5. The number of Topliss-reactive ketones (excluding diaryl/α,β-unsaturated/α-hetero) is 1. The van der Waals surface area contributed by atoms with Crippen LogP contribution in [0, 0.1) is 17.8 Å². The predicted octanol–water partition coefficient (Wildman–Crippen LogP) is 10.5. The highest BCUT2D eigenvalue weighted by molar-refractivity contribution is 6.37. The normalized spacial score (nSPS) is 20.9. The standard InChI is InChI=1S/C34H42Cl2N2O2/c1-3-21(2)11-12-22-7-4-5-9-26(10-6-8-22)38-32-27-17-24(25-18-29(35)34(40)30(36)19-25)15-16-31(27)37-20-28(32)33(39)23-13-14-23/h15-23,26,40H,3-14H2,1-2H3,(H,37,38). The molecule has 4 nitrogen and oxygen atoms in total. The summed E-state index contributed by atoms with van der Waals surface area (Å²) in [7, 11) is 0. The maximum Gasteiger partial charge on any atom is 0.169 e. The molecule has 3 aromatic rings. The van der Waals surface area contributed by atoms with Gasteiger partial charge in [0.2, 0.25) is 0 Å². The Bertz CT molecular complexity index is 1330. The third kappa shape index (κ3) is 6.94. The monoisotopic (exact) mass is 580 g/mol. The minimum Gasteiger partial charge on any atom is -0.505 e. The van der Waals surface area contributed by atoms with Gasteiger partial charge in [0.15, 0.2) is 11.5 Å². The molecule has 6 heteroatoms. The number of aromatic hydroxyl groups is 1. The van der Waals surface area contributed by atoms with Crippen LogP contribution in [0.2, 0.25) is 10.0 Å². The van der Waals surface area contributed by atoms with E-state index in [1.807, 2.05) is 12.1 Å². The number of halogens is 2. The molecular formula is C34H42Cl2N2O2. The Hall–Kier alpha value is -2.30. The molecule has 2 fully saturated rings. The van der Waals surface area contributed by atoms with E-state index in [0.717, 1.165) is 65.2 Å². The van der Waals surface area contributed by atoms with Crippen molar-refractivity contribution in [1.82, 2.24) is 4.98 Å². The van der Waals surface area contributed by atoms with Gasteiger partial charge < -0.3 is 10.4 Å². The lowest BCUT2D eigenvalue weighted by Crippen LogP contribution is -2.22. The number of benzene rings is 2. The van der Waals surface area contributed by atoms with E-state index in [1.165, 1.54) is 51.4 Å². The van der Waals surface area contributed by atoms with Gasteiger partial charge in [0.05, 0.1) is 26.8 Å². The molecule has 0 amide bonds. The Kier molecular flexibility index (Phi) is 9.58. The van der Waals surface area contributed by atoms with Gasteiger partial charge in [0, 0.05) is 23.5 Å². The zero-order valence-electron chi connectivity index (χ0n) is 23.8. The molecule has 1 heterocycles.